The summed E-state index contributed by atoms with van der Waals surface area (Å²) in [5, 5.41) is 17.7. The number of rotatable bonds is 2. The number of hydrogen-bond acceptors (Lipinski definition) is 5. The number of primary sulfonamides is 1. The van der Waals surface area contributed by atoms with E-state index in [1.165, 1.54) is 35.1 Å². The van der Waals surface area contributed by atoms with Gasteiger partial charge in [-0.2, -0.15) is 10.4 Å². The summed E-state index contributed by atoms with van der Waals surface area (Å²) in [6.45, 7) is 0. The van der Waals surface area contributed by atoms with Crippen LogP contribution in [0.15, 0.2) is 35.4 Å². The molecule has 0 radical (unpaired) electrons. The number of hydrogen-bond donors (Lipinski definition) is 2. The Labute approximate surface area is 103 Å². The Hall–Kier alpha value is -2.37. The molecular weight excluding hydrogens is 254 g/mol. The van der Waals surface area contributed by atoms with Crippen LogP contribution >= 0.6 is 0 Å². The first-order valence-electron chi connectivity index (χ1n) is 4.80. The standard InChI is InChI=1S/C10H9N5O2S/c11-5-7-6-14-15(10(7)12)8-1-3-9(4-2-8)18(13,16)17/h1-4,6H,12H2,(H2,13,16,17). The fraction of sp³-hybridized carbons (Fsp3) is 0. The molecule has 0 aliphatic rings. The van der Waals surface area contributed by atoms with Gasteiger partial charge in [-0.25, -0.2) is 18.2 Å². The fourth-order valence-corrected chi connectivity index (χ4v) is 1.94. The summed E-state index contributed by atoms with van der Waals surface area (Å²) in [5.41, 5.74) is 6.50. The van der Waals surface area contributed by atoms with E-state index in [1.54, 1.807) is 0 Å². The molecule has 2 rings (SSSR count). The Balaban J connectivity index is 2.48. The average molecular weight is 263 g/mol. The van der Waals surface area contributed by atoms with Gasteiger partial charge in [-0.05, 0) is 24.3 Å². The van der Waals surface area contributed by atoms with Crippen LogP contribution in [0.5, 0.6) is 0 Å². The van der Waals surface area contributed by atoms with Crippen molar-refractivity contribution in [3.05, 3.63) is 36.0 Å². The smallest absolute Gasteiger partial charge is 0.238 e. The normalized spacial score (nSPS) is 11.1. The number of nitrogens with two attached hydrogens (primary N) is 2. The summed E-state index contributed by atoms with van der Waals surface area (Å²) in [6, 6.07) is 7.60. The molecule has 0 saturated heterocycles. The fourth-order valence-electron chi connectivity index (χ4n) is 1.43. The van der Waals surface area contributed by atoms with E-state index in [-0.39, 0.29) is 16.3 Å². The predicted octanol–water partition coefficient (Wildman–Crippen LogP) is -0.0264. The molecule has 4 N–H and O–H groups in total. The first kappa shape index (κ1) is 12.1. The highest BCUT2D eigenvalue weighted by Gasteiger charge is 2.10. The van der Waals surface area contributed by atoms with Crippen molar-refractivity contribution in [2.75, 3.05) is 5.73 Å². The lowest BCUT2D eigenvalue weighted by Crippen LogP contribution is -2.12. The third-order valence-corrected chi connectivity index (χ3v) is 3.27. The first-order chi connectivity index (χ1) is 8.43. The molecule has 92 valence electrons. The Morgan fingerprint density at radius 1 is 1.28 bits per heavy atom. The molecule has 0 unspecified atom stereocenters. The van der Waals surface area contributed by atoms with Gasteiger partial charge in [0.15, 0.2) is 0 Å². The van der Waals surface area contributed by atoms with E-state index in [2.05, 4.69) is 5.10 Å². The van der Waals surface area contributed by atoms with Crippen LogP contribution in [-0.4, -0.2) is 18.2 Å². The molecule has 0 aliphatic carbocycles. The molecule has 0 atom stereocenters. The Bertz CT molecular complexity index is 725. The van der Waals surface area contributed by atoms with E-state index < -0.39 is 10.0 Å². The summed E-state index contributed by atoms with van der Waals surface area (Å²) in [6.07, 6.45) is 1.34. The second-order valence-electron chi connectivity index (χ2n) is 3.51. The monoisotopic (exact) mass is 263 g/mol. The van der Waals surface area contributed by atoms with Crippen LogP contribution < -0.4 is 10.9 Å². The van der Waals surface area contributed by atoms with Crippen LogP contribution in [0.1, 0.15) is 5.56 Å². The van der Waals surface area contributed by atoms with Crippen molar-refractivity contribution in [2.24, 2.45) is 5.14 Å². The van der Waals surface area contributed by atoms with Crippen molar-refractivity contribution in [1.29, 1.82) is 5.26 Å². The summed E-state index contributed by atoms with van der Waals surface area (Å²) in [7, 11) is -3.72. The maximum Gasteiger partial charge on any atom is 0.238 e. The minimum absolute atomic E-state index is 0.00233. The molecule has 0 amide bonds. The minimum atomic E-state index is -3.72. The lowest BCUT2D eigenvalue weighted by molar-refractivity contribution is 0.598. The summed E-state index contributed by atoms with van der Waals surface area (Å²) in [5.74, 6) is 0.195. The number of nitriles is 1. The first-order valence-corrected chi connectivity index (χ1v) is 6.35. The molecule has 0 aliphatic heterocycles. The molecule has 1 aromatic heterocycles. The molecule has 18 heavy (non-hydrogen) atoms. The Morgan fingerprint density at radius 2 is 1.89 bits per heavy atom. The van der Waals surface area contributed by atoms with Crippen LogP contribution in [0.4, 0.5) is 5.82 Å². The summed E-state index contributed by atoms with van der Waals surface area (Å²) >= 11 is 0. The summed E-state index contributed by atoms with van der Waals surface area (Å²) < 4.78 is 23.5. The number of nitrogens with zero attached hydrogens (tertiary/aromatic N) is 3. The minimum Gasteiger partial charge on any atom is -0.382 e. The molecular formula is C10H9N5O2S. The molecule has 0 bridgehead atoms. The highest BCUT2D eigenvalue weighted by molar-refractivity contribution is 7.89. The number of benzene rings is 1. The highest BCUT2D eigenvalue weighted by atomic mass is 32.2. The predicted molar refractivity (Wildman–Crippen MR) is 64.1 cm³/mol. The second-order valence-corrected chi connectivity index (χ2v) is 5.07. The van der Waals surface area contributed by atoms with E-state index in [0.717, 1.165) is 0 Å². The number of aromatic nitrogens is 2. The van der Waals surface area contributed by atoms with Crippen LogP contribution in [-0.2, 0) is 10.0 Å². The number of nitrogen functional groups attached to an aromatic ring is 1. The van der Waals surface area contributed by atoms with Gasteiger partial charge in [0.05, 0.1) is 16.8 Å². The lowest BCUT2D eigenvalue weighted by Gasteiger charge is -2.04. The highest BCUT2D eigenvalue weighted by Crippen LogP contribution is 2.17. The van der Waals surface area contributed by atoms with E-state index in [4.69, 9.17) is 16.1 Å². The third-order valence-electron chi connectivity index (χ3n) is 2.34. The molecule has 1 aromatic carbocycles. The molecule has 0 saturated carbocycles. The molecule has 8 heteroatoms. The second kappa shape index (κ2) is 4.14. The Morgan fingerprint density at radius 3 is 2.33 bits per heavy atom. The van der Waals surface area contributed by atoms with Gasteiger partial charge >= 0.3 is 0 Å². The maximum atomic E-state index is 11.1. The largest absolute Gasteiger partial charge is 0.382 e. The van der Waals surface area contributed by atoms with Crippen molar-refractivity contribution in [3.8, 4) is 11.8 Å². The SMILES string of the molecule is N#Cc1cnn(-c2ccc(S(N)(=O)=O)cc2)c1N. The van der Waals surface area contributed by atoms with Crippen molar-refractivity contribution < 1.29 is 8.42 Å². The van der Waals surface area contributed by atoms with Crippen LogP contribution in [0.2, 0.25) is 0 Å². The van der Waals surface area contributed by atoms with Crippen LogP contribution in [0, 0.1) is 11.3 Å². The van der Waals surface area contributed by atoms with E-state index in [9.17, 15) is 8.42 Å². The Kier molecular flexibility index (Phi) is 2.78. The zero-order valence-corrected chi connectivity index (χ0v) is 9.92. The van der Waals surface area contributed by atoms with Gasteiger partial charge in [-0.1, -0.05) is 0 Å². The molecule has 7 nitrogen and oxygen atoms in total. The van der Waals surface area contributed by atoms with Gasteiger partial charge in [0.1, 0.15) is 17.5 Å². The zero-order chi connectivity index (χ0) is 13.3. The van der Waals surface area contributed by atoms with E-state index in [1.807, 2.05) is 6.07 Å². The van der Waals surface area contributed by atoms with Gasteiger partial charge in [0, 0.05) is 0 Å². The van der Waals surface area contributed by atoms with E-state index >= 15 is 0 Å². The number of sulfonamides is 1. The third kappa shape index (κ3) is 2.04. The van der Waals surface area contributed by atoms with Gasteiger partial charge in [-0.3, -0.25) is 0 Å². The average Bonchev–Trinajstić information content (AvgIpc) is 2.69. The zero-order valence-electron chi connectivity index (χ0n) is 9.11. The van der Waals surface area contributed by atoms with Crippen molar-refractivity contribution >= 4 is 15.8 Å². The number of anilines is 1. The van der Waals surface area contributed by atoms with Gasteiger partial charge in [0.25, 0.3) is 0 Å². The van der Waals surface area contributed by atoms with Gasteiger partial charge in [0.2, 0.25) is 10.0 Å². The lowest BCUT2D eigenvalue weighted by atomic mass is 10.3. The maximum absolute atomic E-state index is 11.1. The topological polar surface area (TPSA) is 128 Å². The van der Waals surface area contributed by atoms with Crippen molar-refractivity contribution in [1.82, 2.24) is 9.78 Å². The van der Waals surface area contributed by atoms with Crippen molar-refractivity contribution in [3.63, 3.8) is 0 Å². The van der Waals surface area contributed by atoms with Gasteiger partial charge in [-0.15, -0.1) is 0 Å². The molecule has 1 heterocycles. The molecule has 2 aromatic rings. The molecule has 0 fully saturated rings. The quantitative estimate of drug-likeness (QED) is 0.786. The van der Waals surface area contributed by atoms with E-state index in [0.29, 0.717) is 5.69 Å². The van der Waals surface area contributed by atoms with Crippen LogP contribution in [0.25, 0.3) is 5.69 Å². The van der Waals surface area contributed by atoms with Crippen LogP contribution in [0.3, 0.4) is 0 Å². The van der Waals surface area contributed by atoms with Crippen molar-refractivity contribution in [2.45, 2.75) is 4.90 Å². The van der Waals surface area contributed by atoms with Gasteiger partial charge < -0.3 is 5.73 Å². The molecule has 0 spiro atoms. The summed E-state index contributed by atoms with van der Waals surface area (Å²) in [4.78, 5) is -0.00233.